The highest BCUT2D eigenvalue weighted by atomic mass is 16.2. The normalized spacial score (nSPS) is 24.5. The molecule has 2 unspecified atom stereocenters. The lowest BCUT2D eigenvalue weighted by atomic mass is 9.89. The number of benzene rings is 1. The van der Waals surface area contributed by atoms with Crippen molar-refractivity contribution >= 4 is 17.5 Å². The van der Waals surface area contributed by atoms with Crippen LogP contribution in [0.1, 0.15) is 57.9 Å². The summed E-state index contributed by atoms with van der Waals surface area (Å²) in [5.74, 6) is 1.00. The fraction of sp³-hybridized carbons (Fsp3) is 0.619. The van der Waals surface area contributed by atoms with E-state index in [1.165, 1.54) is 12.8 Å². The van der Waals surface area contributed by atoms with Crippen LogP contribution in [0.2, 0.25) is 0 Å². The van der Waals surface area contributed by atoms with Gasteiger partial charge in [-0.3, -0.25) is 9.59 Å². The Balaban J connectivity index is 1.44. The van der Waals surface area contributed by atoms with Crippen molar-refractivity contribution in [2.45, 2.75) is 71.0 Å². The van der Waals surface area contributed by atoms with Crippen LogP contribution in [0.15, 0.2) is 24.3 Å². The second-order valence-corrected chi connectivity index (χ2v) is 8.30. The number of rotatable bonds is 7. The molecule has 2 aliphatic rings. The summed E-state index contributed by atoms with van der Waals surface area (Å²) in [5, 5.41) is 9.58. The molecule has 0 radical (unpaired) electrons. The van der Waals surface area contributed by atoms with Gasteiger partial charge >= 0.3 is 0 Å². The largest absolute Gasteiger partial charge is 0.352 e. The van der Waals surface area contributed by atoms with Gasteiger partial charge in [-0.05, 0) is 55.2 Å². The number of nitrogens with one attached hydrogen (secondary N) is 3. The third kappa shape index (κ3) is 5.56. The first-order valence-electron chi connectivity index (χ1n) is 9.89. The van der Waals surface area contributed by atoms with E-state index in [1.54, 1.807) is 0 Å². The van der Waals surface area contributed by atoms with Gasteiger partial charge in [-0.15, -0.1) is 0 Å². The van der Waals surface area contributed by atoms with Gasteiger partial charge in [0.2, 0.25) is 11.8 Å². The maximum atomic E-state index is 12.3. The molecule has 26 heavy (non-hydrogen) atoms. The molecule has 2 aliphatic heterocycles. The van der Waals surface area contributed by atoms with Crippen molar-refractivity contribution in [3.8, 4) is 0 Å². The molecule has 3 rings (SSSR count). The van der Waals surface area contributed by atoms with Crippen molar-refractivity contribution < 1.29 is 9.59 Å². The van der Waals surface area contributed by atoms with E-state index in [2.05, 4.69) is 16.0 Å². The van der Waals surface area contributed by atoms with Gasteiger partial charge in [0.1, 0.15) is 0 Å². The highest BCUT2D eigenvalue weighted by molar-refractivity contribution is 5.90. The fourth-order valence-corrected chi connectivity index (χ4v) is 4.22. The molecule has 2 heterocycles. The maximum absolute atomic E-state index is 12.3. The number of carbonyl (C=O) groups is 2. The Bertz CT molecular complexity index is 632. The van der Waals surface area contributed by atoms with Crippen LogP contribution in [0.25, 0.3) is 0 Å². The first kappa shape index (κ1) is 18.9. The maximum Gasteiger partial charge on any atom is 0.224 e. The first-order chi connectivity index (χ1) is 12.5. The number of piperidine rings is 1. The minimum Gasteiger partial charge on any atom is -0.352 e. The molecule has 2 atom stereocenters. The van der Waals surface area contributed by atoms with E-state index in [4.69, 9.17) is 0 Å². The lowest BCUT2D eigenvalue weighted by Gasteiger charge is -2.28. The van der Waals surface area contributed by atoms with Crippen molar-refractivity contribution in [1.29, 1.82) is 0 Å². The average Bonchev–Trinajstić information content (AvgIpc) is 2.91. The average molecular weight is 357 g/mol. The van der Waals surface area contributed by atoms with Crippen molar-refractivity contribution in [1.82, 2.24) is 10.6 Å². The quantitative estimate of drug-likeness (QED) is 0.702. The second-order valence-electron chi connectivity index (χ2n) is 8.30. The standard InChI is InChI=1S/C21H31N3O2/c1-14(2)8-21(26)24-17-5-3-4-15(9-17)13-22-20(25)12-16-10-18-6-7-19(11-16)23-18/h3-5,9,14,16,18-19,23H,6-8,10-13H2,1-2H3,(H,22,25)(H,24,26). The number of hydrogen-bond acceptors (Lipinski definition) is 3. The predicted octanol–water partition coefficient (Wildman–Crippen LogP) is 3.21. The van der Waals surface area contributed by atoms with Gasteiger partial charge in [-0.1, -0.05) is 26.0 Å². The molecule has 2 fully saturated rings. The van der Waals surface area contributed by atoms with Gasteiger partial charge in [0.05, 0.1) is 0 Å². The van der Waals surface area contributed by atoms with Gasteiger partial charge in [0, 0.05) is 37.2 Å². The van der Waals surface area contributed by atoms with E-state index in [0.29, 0.717) is 43.3 Å². The lowest BCUT2D eigenvalue weighted by molar-refractivity contribution is -0.122. The molecule has 0 aliphatic carbocycles. The van der Waals surface area contributed by atoms with Gasteiger partial charge in [-0.2, -0.15) is 0 Å². The molecule has 142 valence electrons. The smallest absolute Gasteiger partial charge is 0.224 e. The monoisotopic (exact) mass is 357 g/mol. The Hall–Kier alpha value is -1.88. The van der Waals surface area contributed by atoms with E-state index >= 15 is 0 Å². The third-order valence-corrected chi connectivity index (χ3v) is 5.34. The Morgan fingerprint density at radius 2 is 1.88 bits per heavy atom. The van der Waals surface area contributed by atoms with Crippen LogP contribution >= 0.6 is 0 Å². The minimum absolute atomic E-state index is 0.0294. The predicted molar refractivity (Wildman–Crippen MR) is 104 cm³/mol. The number of amides is 2. The van der Waals surface area contributed by atoms with Gasteiger partial charge in [0.25, 0.3) is 0 Å². The molecule has 0 aromatic heterocycles. The molecular weight excluding hydrogens is 326 g/mol. The summed E-state index contributed by atoms with van der Waals surface area (Å²) < 4.78 is 0. The zero-order valence-corrected chi connectivity index (χ0v) is 15.9. The molecule has 1 aromatic carbocycles. The van der Waals surface area contributed by atoms with Crippen molar-refractivity contribution in [2.24, 2.45) is 11.8 Å². The summed E-state index contributed by atoms with van der Waals surface area (Å²) in [7, 11) is 0. The van der Waals surface area contributed by atoms with Crippen LogP contribution in [-0.4, -0.2) is 23.9 Å². The van der Waals surface area contributed by atoms with E-state index < -0.39 is 0 Å². The van der Waals surface area contributed by atoms with E-state index in [9.17, 15) is 9.59 Å². The van der Waals surface area contributed by atoms with Crippen molar-refractivity contribution in [3.63, 3.8) is 0 Å². The van der Waals surface area contributed by atoms with Crippen LogP contribution in [-0.2, 0) is 16.1 Å². The second kappa shape index (κ2) is 8.67. The van der Waals surface area contributed by atoms with E-state index in [1.807, 2.05) is 38.1 Å². The number of anilines is 1. The molecule has 0 saturated carbocycles. The van der Waals surface area contributed by atoms with Crippen LogP contribution in [0, 0.1) is 11.8 Å². The Kier molecular flexibility index (Phi) is 6.30. The molecule has 2 saturated heterocycles. The summed E-state index contributed by atoms with van der Waals surface area (Å²) in [6.07, 6.45) is 5.91. The Morgan fingerprint density at radius 3 is 2.58 bits per heavy atom. The number of hydrogen-bond donors (Lipinski definition) is 3. The molecule has 2 bridgehead atoms. The van der Waals surface area contributed by atoms with E-state index in [0.717, 1.165) is 24.1 Å². The van der Waals surface area contributed by atoms with Gasteiger partial charge in [0.15, 0.2) is 0 Å². The van der Waals surface area contributed by atoms with Crippen molar-refractivity contribution in [3.05, 3.63) is 29.8 Å². The molecular formula is C21H31N3O2. The zero-order chi connectivity index (χ0) is 18.5. The molecule has 0 spiro atoms. The summed E-state index contributed by atoms with van der Waals surface area (Å²) in [6, 6.07) is 8.95. The van der Waals surface area contributed by atoms with Crippen LogP contribution in [0.3, 0.4) is 0 Å². The molecule has 1 aromatic rings. The van der Waals surface area contributed by atoms with Crippen LogP contribution in [0.5, 0.6) is 0 Å². The molecule has 5 heteroatoms. The zero-order valence-electron chi connectivity index (χ0n) is 15.9. The minimum atomic E-state index is 0.0294. The van der Waals surface area contributed by atoms with Crippen molar-refractivity contribution in [2.75, 3.05) is 5.32 Å². The lowest BCUT2D eigenvalue weighted by Crippen LogP contribution is -2.39. The number of carbonyl (C=O) groups excluding carboxylic acids is 2. The SMILES string of the molecule is CC(C)CC(=O)Nc1cccc(CNC(=O)CC2CC3CCC(C2)N3)c1. The molecule has 5 nitrogen and oxygen atoms in total. The first-order valence-corrected chi connectivity index (χ1v) is 9.89. The summed E-state index contributed by atoms with van der Waals surface area (Å²) in [6.45, 7) is 4.56. The molecule has 3 N–H and O–H groups in total. The molecule has 2 amide bonds. The van der Waals surface area contributed by atoms with Gasteiger partial charge < -0.3 is 16.0 Å². The summed E-state index contributed by atoms with van der Waals surface area (Å²) in [4.78, 5) is 24.2. The Labute approximate surface area is 156 Å². The fourth-order valence-electron chi connectivity index (χ4n) is 4.22. The highest BCUT2D eigenvalue weighted by Crippen LogP contribution is 2.32. The topological polar surface area (TPSA) is 70.2 Å². The Morgan fingerprint density at radius 1 is 1.15 bits per heavy atom. The number of fused-ring (bicyclic) bond motifs is 2. The highest BCUT2D eigenvalue weighted by Gasteiger charge is 2.34. The van der Waals surface area contributed by atoms with E-state index in [-0.39, 0.29) is 11.8 Å². The summed E-state index contributed by atoms with van der Waals surface area (Å²) in [5.41, 5.74) is 1.79. The van der Waals surface area contributed by atoms with Crippen LogP contribution < -0.4 is 16.0 Å². The third-order valence-electron chi connectivity index (χ3n) is 5.34. The van der Waals surface area contributed by atoms with Crippen LogP contribution in [0.4, 0.5) is 5.69 Å². The van der Waals surface area contributed by atoms with Gasteiger partial charge in [-0.25, -0.2) is 0 Å². The summed E-state index contributed by atoms with van der Waals surface area (Å²) >= 11 is 0.